The fourth-order valence-corrected chi connectivity index (χ4v) is 10.5. The van der Waals surface area contributed by atoms with E-state index in [4.69, 9.17) is 5.73 Å². The van der Waals surface area contributed by atoms with Gasteiger partial charge in [-0.05, 0) is 93.7 Å². The van der Waals surface area contributed by atoms with Crippen LogP contribution in [-0.4, -0.2) is 171 Å². The summed E-state index contributed by atoms with van der Waals surface area (Å²) in [5, 5.41) is 42.3. The van der Waals surface area contributed by atoms with Crippen LogP contribution in [0.2, 0.25) is 0 Å². The number of carboxylic acid groups (broad SMARTS) is 1. The van der Waals surface area contributed by atoms with Gasteiger partial charge in [0.2, 0.25) is 59.1 Å². The molecule has 2 aromatic carbocycles. The molecule has 24 heteroatoms. The van der Waals surface area contributed by atoms with Crippen molar-refractivity contribution in [2.45, 2.75) is 186 Å². The van der Waals surface area contributed by atoms with Crippen molar-refractivity contribution in [3.8, 4) is 0 Å². The smallest absolute Gasteiger partial charge is 0.305 e. The van der Waals surface area contributed by atoms with Crippen LogP contribution in [0.1, 0.15) is 117 Å². The monoisotopic (exact) mass is 1140 g/mol. The third kappa shape index (κ3) is 18.8. The molecule has 450 valence electrons. The van der Waals surface area contributed by atoms with Gasteiger partial charge in [0, 0.05) is 25.9 Å². The summed E-state index contributed by atoms with van der Waals surface area (Å²) < 4.78 is 0. The zero-order chi connectivity index (χ0) is 60.4. The van der Waals surface area contributed by atoms with Crippen LogP contribution in [0.4, 0.5) is 0 Å². The normalized spacial score (nSPS) is 26.8. The summed E-state index contributed by atoms with van der Waals surface area (Å²) in [5.41, 5.74) is 7.17. The number of carbonyl (C=O) groups is 11. The first kappa shape index (κ1) is 65.3. The maximum absolute atomic E-state index is 14.8. The Morgan fingerprint density at radius 2 is 0.890 bits per heavy atom. The number of rotatable bonds is 15. The first-order valence-corrected chi connectivity index (χ1v) is 28.6. The van der Waals surface area contributed by atoms with E-state index in [2.05, 4.69) is 42.5 Å². The Hall–Kier alpha value is -7.47. The molecule has 0 aliphatic carbocycles. The second-order valence-electron chi connectivity index (χ2n) is 22.9. The number of amides is 10. The van der Waals surface area contributed by atoms with Crippen molar-refractivity contribution < 1.29 is 63.0 Å². The van der Waals surface area contributed by atoms with E-state index in [0.29, 0.717) is 24.0 Å². The molecule has 0 unspecified atom stereocenters. The van der Waals surface area contributed by atoms with E-state index < -0.39 is 144 Å². The Labute approximate surface area is 479 Å². The Morgan fingerprint density at radius 1 is 0.512 bits per heavy atom. The van der Waals surface area contributed by atoms with Gasteiger partial charge >= 0.3 is 5.97 Å². The van der Waals surface area contributed by atoms with E-state index in [0.717, 1.165) is 0 Å². The van der Waals surface area contributed by atoms with Crippen LogP contribution in [0.5, 0.6) is 0 Å². The molecule has 10 amide bonds. The molecular weight excluding hydrogens is 1060 g/mol. The summed E-state index contributed by atoms with van der Waals surface area (Å²) in [6.45, 7) is 12.0. The van der Waals surface area contributed by atoms with Crippen molar-refractivity contribution >= 4 is 65.0 Å². The third-order valence-electron chi connectivity index (χ3n) is 14.8. The van der Waals surface area contributed by atoms with Gasteiger partial charge in [-0.1, -0.05) is 102 Å². The molecule has 3 aliphatic heterocycles. The van der Waals surface area contributed by atoms with Gasteiger partial charge in [-0.15, -0.1) is 0 Å². The van der Waals surface area contributed by atoms with Crippen molar-refractivity contribution in [3.05, 3.63) is 71.8 Å². The number of nitrogens with zero attached hydrogens (tertiary/aromatic N) is 2. The number of nitrogens with two attached hydrogens (primary N) is 1. The molecule has 0 aromatic heterocycles. The van der Waals surface area contributed by atoms with Crippen molar-refractivity contribution in [2.24, 2.45) is 23.5 Å². The summed E-state index contributed by atoms with van der Waals surface area (Å²) in [5.74, 6) is -10.7. The summed E-state index contributed by atoms with van der Waals surface area (Å²) >= 11 is 0. The van der Waals surface area contributed by atoms with E-state index in [9.17, 15) is 63.0 Å². The molecule has 11 atom stereocenters. The highest BCUT2D eigenvalue weighted by molar-refractivity contribution is 6.00. The van der Waals surface area contributed by atoms with Gasteiger partial charge in [0.05, 0.1) is 12.5 Å². The fraction of sp³-hybridized carbons (Fsp3) is 0.603. The Balaban J connectivity index is 1.59. The lowest BCUT2D eigenvalue weighted by Gasteiger charge is -2.32. The fourth-order valence-electron chi connectivity index (χ4n) is 10.5. The first-order valence-electron chi connectivity index (χ1n) is 28.6. The van der Waals surface area contributed by atoms with Crippen molar-refractivity contribution in [1.29, 1.82) is 0 Å². The first-order chi connectivity index (χ1) is 38.9. The van der Waals surface area contributed by atoms with Crippen LogP contribution in [0.25, 0.3) is 0 Å². The lowest BCUT2D eigenvalue weighted by molar-refractivity contribution is -0.144. The molecule has 24 nitrogen and oxygen atoms in total. The predicted molar refractivity (Wildman–Crippen MR) is 301 cm³/mol. The minimum absolute atomic E-state index is 0.0307. The van der Waals surface area contributed by atoms with Gasteiger partial charge in [0.1, 0.15) is 60.4 Å². The topological polar surface area (TPSA) is 357 Å². The van der Waals surface area contributed by atoms with E-state index in [-0.39, 0.29) is 82.8 Å². The average Bonchev–Trinajstić information content (AvgIpc) is 4.34. The number of carboxylic acids is 1. The van der Waals surface area contributed by atoms with Gasteiger partial charge in [0.15, 0.2) is 0 Å². The van der Waals surface area contributed by atoms with Crippen molar-refractivity contribution in [1.82, 2.24) is 52.3 Å². The Morgan fingerprint density at radius 3 is 1.29 bits per heavy atom. The van der Waals surface area contributed by atoms with E-state index in [1.54, 1.807) is 88.4 Å². The molecule has 3 aliphatic rings. The summed E-state index contributed by atoms with van der Waals surface area (Å²) in [4.78, 5) is 159. The van der Waals surface area contributed by atoms with Gasteiger partial charge in [-0.2, -0.15) is 0 Å². The quantitative estimate of drug-likeness (QED) is 0.109. The van der Waals surface area contributed by atoms with E-state index in [1.165, 1.54) is 16.7 Å². The number of benzene rings is 2. The number of fused-ring (bicyclic) bond motifs is 2. The molecule has 2 aromatic rings. The van der Waals surface area contributed by atoms with Gasteiger partial charge < -0.3 is 68.3 Å². The number of hydrogen-bond acceptors (Lipinski definition) is 13. The lowest BCUT2D eigenvalue weighted by Crippen LogP contribution is -2.62. The minimum Gasteiger partial charge on any atom is -0.481 e. The zero-order valence-electron chi connectivity index (χ0n) is 48.1. The summed E-state index contributed by atoms with van der Waals surface area (Å²) in [7, 11) is 0. The average molecular weight is 1140 g/mol. The van der Waals surface area contributed by atoms with Crippen LogP contribution >= 0.6 is 0 Å². The molecule has 0 saturated carbocycles. The molecule has 3 fully saturated rings. The summed E-state index contributed by atoms with van der Waals surface area (Å²) in [6.07, 6.45) is -1.41. The minimum atomic E-state index is -1.87. The van der Waals surface area contributed by atoms with Gasteiger partial charge in [0.25, 0.3) is 0 Å². The van der Waals surface area contributed by atoms with Crippen LogP contribution in [0, 0.1) is 17.8 Å². The molecule has 0 radical (unpaired) electrons. The molecule has 0 bridgehead atoms. The summed E-state index contributed by atoms with van der Waals surface area (Å²) in [6, 6.07) is 3.64. The number of carbonyl (C=O) groups excluding carboxylic acids is 10. The van der Waals surface area contributed by atoms with Gasteiger partial charge in [-0.3, -0.25) is 52.7 Å². The maximum atomic E-state index is 14.8. The number of nitrogens with one attached hydrogen (secondary N) is 8. The highest BCUT2D eigenvalue weighted by Gasteiger charge is 2.44. The molecule has 3 saturated heterocycles. The number of hydrogen-bond donors (Lipinski definition) is 11. The predicted octanol–water partition coefficient (Wildman–Crippen LogP) is -0.312. The molecule has 0 spiro atoms. The highest BCUT2D eigenvalue weighted by atomic mass is 16.4. The van der Waals surface area contributed by atoms with Crippen LogP contribution in [0.3, 0.4) is 0 Å². The zero-order valence-corrected chi connectivity index (χ0v) is 48.1. The largest absolute Gasteiger partial charge is 0.481 e. The van der Waals surface area contributed by atoms with Crippen LogP contribution in [-0.2, 0) is 65.6 Å². The van der Waals surface area contributed by atoms with Crippen LogP contribution in [0.15, 0.2) is 60.7 Å². The number of aliphatic hydroxyl groups excluding tert-OH is 1. The molecule has 3 heterocycles. The van der Waals surface area contributed by atoms with E-state index >= 15 is 0 Å². The number of aliphatic hydroxyl groups is 1. The second kappa shape index (κ2) is 31.1. The second-order valence-corrected chi connectivity index (χ2v) is 22.9. The number of aliphatic carboxylic acids is 1. The Kier molecular flexibility index (Phi) is 24.8. The third-order valence-corrected chi connectivity index (χ3v) is 14.8. The molecule has 5 rings (SSSR count). The van der Waals surface area contributed by atoms with Crippen molar-refractivity contribution in [2.75, 3.05) is 19.6 Å². The molecule has 82 heavy (non-hydrogen) atoms. The van der Waals surface area contributed by atoms with E-state index in [1.807, 2.05) is 13.8 Å². The standard InChI is InChI=1S/C58H85N11O13/c1-32(2)27-39-50(74)64-43(30-37-19-12-9-13-20-37)58(82)69-26-16-23-45(69)54(78)67-48(35(7)70)56(80)63-41(31-46(71)72)52(76)62-40(28-33(3)4)51(75)65-42(29-36-17-10-8-11-18-36)57(81)68-25-15-22-44(68)53(77)66-47(34(5)6)55(79)60-38(21-14-24-59)49(73)61-39/h8-13,17-20,32-35,38-45,47-48,70H,14-16,21-31,59H2,1-7H3,(H,60,79)(H,61,73)(H,62,76)(H,63,80)(H,64,74)(H,65,75)(H,66,77)(H,67,78)(H,71,72)/t35-,38+,39+,40+,41+,42-,43-,44+,45+,47+,48+/m1/s1. The van der Waals surface area contributed by atoms with Crippen molar-refractivity contribution in [3.63, 3.8) is 0 Å². The maximum Gasteiger partial charge on any atom is 0.305 e. The lowest BCUT2D eigenvalue weighted by atomic mass is 9.99. The Bertz CT molecular complexity index is 2570. The highest BCUT2D eigenvalue weighted by Crippen LogP contribution is 2.23. The molecule has 12 N–H and O–H groups in total. The van der Waals surface area contributed by atoms with Gasteiger partial charge in [-0.25, -0.2) is 0 Å². The van der Waals surface area contributed by atoms with Crippen LogP contribution < -0.4 is 48.3 Å². The SMILES string of the molecule is CC(C)C[C@@H]1NC(=O)[C@H](CC(=O)O)NC(=O)[C@H]([C@@H](C)O)NC(=O)[C@@H]2CCCN2C(=O)[C@@H](Cc2ccccc2)NC(=O)[C@H](CC(C)C)NC(=O)[C@H](CCCN)NC(=O)[C@H](C(C)C)NC(=O)[C@@H]2CCCN2C(=O)[C@@H](Cc2ccccc2)NC1=O. The molecular formula is C58H85N11O13.